The first-order valence-electron chi connectivity index (χ1n) is 10.4. The number of pyridine rings is 1. The van der Waals surface area contributed by atoms with E-state index in [9.17, 15) is 14.9 Å². The monoisotopic (exact) mass is 433 g/mol. The Hall–Kier alpha value is -3.74. The van der Waals surface area contributed by atoms with Crippen molar-refractivity contribution in [1.82, 2.24) is 10.3 Å². The summed E-state index contributed by atoms with van der Waals surface area (Å²) in [5, 5.41) is 14.8. The van der Waals surface area contributed by atoms with Crippen LogP contribution in [0.4, 0.5) is 5.69 Å². The Kier molecular flexibility index (Phi) is 7.20. The van der Waals surface area contributed by atoms with Crippen molar-refractivity contribution in [2.24, 2.45) is 5.92 Å². The number of carbonyl (C=O) groups excluding carboxylic acids is 1. The third kappa shape index (κ3) is 4.94. The molecule has 1 aromatic carbocycles. The lowest BCUT2D eigenvalue weighted by molar-refractivity contribution is -0.384. The second-order valence-electron chi connectivity index (χ2n) is 7.86. The van der Waals surface area contributed by atoms with E-state index in [4.69, 9.17) is 4.74 Å². The number of aromatic nitrogens is 1. The van der Waals surface area contributed by atoms with E-state index in [0.29, 0.717) is 5.56 Å². The molecule has 2 heterocycles. The Labute approximate surface area is 187 Å². The molecule has 0 amide bonds. The number of nitro benzene ring substituents is 1. The third-order valence-electron chi connectivity index (χ3n) is 5.61. The van der Waals surface area contributed by atoms with Gasteiger partial charge >= 0.3 is 5.97 Å². The molecular weight excluding hydrogens is 406 g/mol. The Morgan fingerprint density at radius 2 is 2.12 bits per heavy atom. The molecule has 166 valence electrons. The summed E-state index contributed by atoms with van der Waals surface area (Å²) in [6.07, 6.45) is 12.6. The summed E-state index contributed by atoms with van der Waals surface area (Å²) < 4.78 is 5.63. The van der Waals surface area contributed by atoms with Crippen LogP contribution in [0.3, 0.4) is 0 Å². The second kappa shape index (κ2) is 10.0. The number of rotatable bonds is 7. The van der Waals surface area contributed by atoms with Crippen molar-refractivity contribution < 1.29 is 14.5 Å². The zero-order chi connectivity index (χ0) is 23.1. The van der Waals surface area contributed by atoms with Crippen LogP contribution in [-0.2, 0) is 15.1 Å². The first kappa shape index (κ1) is 22.9. The van der Waals surface area contributed by atoms with Gasteiger partial charge in [0.05, 0.1) is 16.4 Å². The number of hydrogen-bond donors (Lipinski definition) is 1. The Bertz CT molecular complexity index is 1060. The number of ether oxygens (including phenoxy) is 1. The van der Waals surface area contributed by atoms with Crippen molar-refractivity contribution in [3.63, 3.8) is 0 Å². The van der Waals surface area contributed by atoms with Crippen molar-refractivity contribution in [3.8, 4) is 0 Å². The van der Waals surface area contributed by atoms with Crippen LogP contribution in [0, 0.1) is 16.0 Å². The molecule has 0 saturated carbocycles. The van der Waals surface area contributed by atoms with Gasteiger partial charge in [0, 0.05) is 36.1 Å². The van der Waals surface area contributed by atoms with Gasteiger partial charge in [-0.15, -0.1) is 0 Å². The largest absolute Gasteiger partial charge is 0.461 e. The van der Waals surface area contributed by atoms with Gasteiger partial charge in [0.25, 0.3) is 5.69 Å². The van der Waals surface area contributed by atoms with Crippen molar-refractivity contribution in [3.05, 3.63) is 106 Å². The summed E-state index contributed by atoms with van der Waals surface area (Å²) in [5.74, 6) is -1.49. The molecule has 1 aliphatic heterocycles. The van der Waals surface area contributed by atoms with E-state index in [1.165, 1.54) is 12.1 Å². The first-order chi connectivity index (χ1) is 15.4. The number of esters is 1. The fourth-order valence-electron chi connectivity index (χ4n) is 4.16. The Morgan fingerprint density at radius 1 is 1.31 bits per heavy atom. The summed E-state index contributed by atoms with van der Waals surface area (Å²) in [4.78, 5) is 28.6. The van der Waals surface area contributed by atoms with E-state index in [2.05, 4.69) is 10.3 Å². The molecule has 3 atom stereocenters. The maximum atomic E-state index is 13.4. The highest BCUT2D eigenvalue weighted by Gasteiger charge is 2.49. The fraction of sp³-hybridized carbons (Fsp3) is 0.280. The van der Waals surface area contributed by atoms with E-state index < -0.39 is 28.3 Å². The number of benzene rings is 1. The average Bonchev–Trinajstić information content (AvgIpc) is 2.79. The molecule has 0 fully saturated rings. The normalized spacial score (nSPS) is 23.0. The highest BCUT2D eigenvalue weighted by atomic mass is 16.6. The minimum atomic E-state index is -0.827. The van der Waals surface area contributed by atoms with Crippen LogP contribution in [0.5, 0.6) is 0 Å². The average molecular weight is 434 g/mol. The first-order valence-corrected chi connectivity index (χ1v) is 10.4. The van der Waals surface area contributed by atoms with Gasteiger partial charge in [-0.2, -0.15) is 0 Å². The molecule has 1 aliphatic rings. The smallest absolute Gasteiger partial charge is 0.312 e. The molecule has 2 aromatic rings. The van der Waals surface area contributed by atoms with Crippen LogP contribution in [0.25, 0.3) is 0 Å². The summed E-state index contributed by atoms with van der Waals surface area (Å²) in [6, 6.07) is 10.2. The van der Waals surface area contributed by atoms with Crippen molar-refractivity contribution in [2.45, 2.75) is 32.2 Å². The number of allylic oxidation sites excluding steroid dienone is 5. The molecular formula is C25H27N3O4. The molecule has 32 heavy (non-hydrogen) atoms. The highest BCUT2D eigenvalue weighted by molar-refractivity contribution is 5.77. The zero-order valence-corrected chi connectivity index (χ0v) is 18.4. The molecule has 1 aromatic heterocycles. The number of nitrogens with one attached hydrogen (secondary N) is 1. The van der Waals surface area contributed by atoms with Gasteiger partial charge in [-0.25, -0.2) is 0 Å². The van der Waals surface area contributed by atoms with E-state index in [1.807, 2.05) is 63.3 Å². The molecule has 1 N–H and O–H groups in total. The second-order valence-corrected chi connectivity index (χ2v) is 7.86. The molecule has 0 spiro atoms. The Balaban J connectivity index is 2.06. The van der Waals surface area contributed by atoms with Gasteiger partial charge in [0.2, 0.25) is 0 Å². The molecule has 3 unspecified atom stereocenters. The van der Waals surface area contributed by atoms with Crippen LogP contribution in [0.2, 0.25) is 0 Å². The number of non-ortho nitro benzene ring substituents is 1. The summed E-state index contributed by atoms with van der Waals surface area (Å²) in [5.41, 5.74) is 1.53. The lowest BCUT2D eigenvalue weighted by atomic mass is 9.68. The lowest BCUT2D eigenvalue weighted by Crippen LogP contribution is -2.53. The molecule has 0 radical (unpaired) electrons. The lowest BCUT2D eigenvalue weighted by Gasteiger charge is -2.45. The number of hydrogen-bond acceptors (Lipinski definition) is 6. The van der Waals surface area contributed by atoms with Crippen LogP contribution in [0.1, 0.15) is 37.8 Å². The van der Waals surface area contributed by atoms with E-state index in [1.54, 1.807) is 24.5 Å². The predicted molar refractivity (Wildman–Crippen MR) is 123 cm³/mol. The standard InChI is InChI=1S/C25H27N3O4/c1-4-5-6-7-14-32-24(29)23-22(19-10-8-12-21(16-19)28(30)31)15-18(2)27-25(23,3)20-11-9-13-26-17-20/h4-13,15-17,22-23,27H,14H2,1-3H3. The van der Waals surface area contributed by atoms with Crippen LogP contribution in [0.15, 0.2) is 84.9 Å². The zero-order valence-electron chi connectivity index (χ0n) is 18.4. The maximum Gasteiger partial charge on any atom is 0.312 e. The van der Waals surface area contributed by atoms with Crippen LogP contribution in [-0.4, -0.2) is 22.5 Å². The van der Waals surface area contributed by atoms with Gasteiger partial charge in [-0.3, -0.25) is 19.9 Å². The van der Waals surface area contributed by atoms with Gasteiger partial charge in [-0.05, 0) is 44.0 Å². The quantitative estimate of drug-likeness (QED) is 0.292. The van der Waals surface area contributed by atoms with Crippen LogP contribution < -0.4 is 5.32 Å². The van der Waals surface area contributed by atoms with Gasteiger partial charge in [0.1, 0.15) is 6.61 Å². The number of carbonyl (C=O) groups is 1. The van der Waals surface area contributed by atoms with Crippen molar-refractivity contribution in [2.75, 3.05) is 6.61 Å². The number of nitro groups is 1. The molecule has 7 nitrogen and oxygen atoms in total. The number of nitrogens with zero attached hydrogens (tertiary/aromatic N) is 2. The topological polar surface area (TPSA) is 94.4 Å². The van der Waals surface area contributed by atoms with Crippen molar-refractivity contribution in [1.29, 1.82) is 0 Å². The molecule has 0 bridgehead atoms. The molecule has 7 heteroatoms. The minimum absolute atomic E-state index is 0.0171. The van der Waals surface area contributed by atoms with Gasteiger partial charge in [-0.1, -0.05) is 42.5 Å². The molecule has 3 rings (SSSR count). The minimum Gasteiger partial charge on any atom is -0.461 e. The molecule has 0 saturated heterocycles. The van der Waals surface area contributed by atoms with E-state index >= 15 is 0 Å². The maximum absolute atomic E-state index is 13.4. The van der Waals surface area contributed by atoms with Crippen LogP contribution >= 0.6 is 0 Å². The summed E-state index contributed by atoms with van der Waals surface area (Å²) >= 11 is 0. The van der Waals surface area contributed by atoms with Crippen molar-refractivity contribution >= 4 is 11.7 Å². The highest BCUT2D eigenvalue weighted by Crippen LogP contribution is 2.45. The van der Waals surface area contributed by atoms with Gasteiger partial charge in [0.15, 0.2) is 0 Å². The van der Waals surface area contributed by atoms with E-state index in [0.717, 1.165) is 11.3 Å². The SMILES string of the molecule is CC=CC=CCOC(=O)C1C(c2cccc([N+](=O)[O-])c2)C=C(C)NC1(C)c1cccnc1. The summed E-state index contributed by atoms with van der Waals surface area (Å²) in [6.45, 7) is 5.89. The fourth-order valence-corrected chi connectivity index (χ4v) is 4.16. The van der Waals surface area contributed by atoms with Gasteiger partial charge < -0.3 is 10.1 Å². The summed E-state index contributed by atoms with van der Waals surface area (Å²) in [7, 11) is 0. The molecule has 0 aliphatic carbocycles. The van der Waals surface area contributed by atoms with E-state index in [-0.39, 0.29) is 12.3 Å². The Morgan fingerprint density at radius 3 is 2.81 bits per heavy atom. The predicted octanol–water partition coefficient (Wildman–Crippen LogP) is 4.79. The third-order valence-corrected chi connectivity index (χ3v) is 5.61.